The summed E-state index contributed by atoms with van der Waals surface area (Å²) in [5.74, 6) is 0.835. The first-order chi connectivity index (χ1) is 9.81. The molecule has 3 rings (SSSR count). The highest BCUT2D eigenvalue weighted by Gasteiger charge is 2.12. The molecule has 1 aliphatic heterocycles. The van der Waals surface area contributed by atoms with Gasteiger partial charge in [-0.15, -0.1) is 0 Å². The van der Waals surface area contributed by atoms with Crippen molar-refractivity contribution in [2.45, 2.75) is 6.54 Å². The number of rotatable bonds is 3. The molecule has 1 aliphatic rings. The minimum Gasteiger partial charge on any atom is -0.301 e. The molecule has 5 nitrogen and oxygen atoms in total. The number of carbonyl (C=O) groups is 1. The van der Waals surface area contributed by atoms with Crippen LogP contribution < -0.4 is 5.32 Å². The summed E-state index contributed by atoms with van der Waals surface area (Å²) in [6, 6.07) is 9.44. The van der Waals surface area contributed by atoms with Crippen LogP contribution in [0.25, 0.3) is 0 Å². The summed E-state index contributed by atoms with van der Waals surface area (Å²) < 4.78 is 1.85. The number of hydrogen-bond donors (Lipinski definition) is 1. The van der Waals surface area contributed by atoms with Gasteiger partial charge in [0, 0.05) is 23.7 Å². The molecule has 1 N–H and O–H groups in total. The normalized spacial score (nSPS) is 14.1. The maximum atomic E-state index is 12.0. The van der Waals surface area contributed by atoms with E-state index >= 15 is 0 Å². The van der Waals surface area contributed by atoms with Crippen molar-refractivity contribution < 1.29 is 4.79 Å². The second kappa shape index (κ2) is 5.92. The van der Waals surface area contributed by atoms with Crippen LogP contribution >= 0.6 is 11.8 Å². The number of hydrogen-bond acceptors (Lipinski definition) is 4. The lowest BCUT2D eigenvalue weighted by Crippen LogP contribution is -2.27. The average molecular weight is 286 g/mol. The van der Waals surface area contributed by atoms with Crippen LogP contribution in [0.3, 0.4) is 0 Å². The van der Waals surface area contributed by atoms with Gasteiger partial charge in [0.25, 0.3) is 5.91 Å². The standard InChI is InChI=1S/C14H14N4OS/c19-13(17-14-15-7-9-20-14)12-4-2-11(3-5-12)10-18-8-1-6-16-18/h1-6,8H,7,9-10H2,(H,15,17,19). The molecule has 102 valence electrons. The van der Waals surface area contributed by atoms with Gasteiger partial charge in [0.1, 0.15) is 0 Å². The third-order valence-electron chi connectivity index (χ3n) is 2.93. The van der Waals surface area contributed by atoms with Crippen molar-refractivity contribution in [1.29, 1.82) is 0 Å². The Hall–Kier alpha value is -2.08. The van der Waals surface area contributed by atoms with Crippen LogP contribution in [0.2, 0.25) is 0 Å². The smallest absolute Gasteiger partial charge is 0.257 e. The largest absolute Gasteiger partial charge is 0.301 e. The Balaban J connectivity index is 1.64. The predicted octanol–water partition coefficient (Wildman–Crippen LogP) is 1.76. The summed E-state index contributed by atoms with van der Waals surface area (Å²) >= 11 is 1.58. The number of amidine groups is 1. The van der Waals surface area contributed by atoms with Crippen LogP contribution in [0.15, 0.2) is 47.7 Å². The molecule has 0 atom stereocenters. The van der Waals surface area contributed by atoms with Crippen LogP contribution in [-0.2, 0) is 6.54 Å². The zero-order valence-electron chi connectivity index (χ0n) is 10.8. The summed E-state index contributed by atoms with van der Waals surface area (Å²) in [6.45, 7) is 1.49. The van der Waals surface area contributed by atoms with E-state index in [0.29, 0.717) is 12.1 Å². The highest BCUT2D eigenvalue weighted by atomic mass is 32.2. The highest BCUT2D eigenvalue weighted by molar-refractivity contribution is 8.14. The predicted molar refractivity (Wildman–Crippen MR) is 80.0 cm³/mol. The Bertz CT molecular complexity index is 619. The number of nitrogens with one attached hydrogen (secondary N) is 1. The van der Waals surface area contributed by atoms with Crippen molar-refractivity contribution >= 4 is 22.8 Å². The van der Waals surface area contributed by atoms with E-state index in [-0.39, 0.29) is 5.91 Å². The summed E-state index contributed by atoms with van der Waals surface area (Å²) in [6.07, 6.45) is 3.66. The molecule has 0 radical (unpaired) electrons. The third-order valence-corrected chi connectivity index (χ3v) is 3.82. The maximum absolute atomic E-state index is 12.0. The number of thioether (sulfide) groups is 1. The van der Waals surface area contributed by atoms with Gasteiger partial charge in [-0.05, 0) is 23.8 Å². The van der Waals surface area contributed by atoms with Crippen molar-refractivity contribution in [1.82, 2.24) is 15.1 Å². The summed E-state index contributed by atoms with van der Waals surface area (Å²) in [4.78, 5) is 16.2. The maximum Gasteiger partial charge on any atom is 0.257 e. The Kier molecular flexibility index (Phi) is 3.83. The van der Waals surface area contributed by atoms with E-state index in [1.54, 1.807) is 18.0 Å². The first-order valence-electron chi connectivity index (χ1n) is 6.36. The summed E-state index contributed by atoms with van der Waals surface area (Å²) in [5.41, 5.74) is 1.75. The molecule has 1 aromatic carbocycles. The van der Waals surface area contributed by atoms with Crippen LogP contribution in [0.5, 0.6) is 0 Å². The van der Waals surface area contributed by atoms with Gasteiger partial charge < -0.3 is 5.32 Å². The molecular formula is C14H14N4OS. The third kappa shape index (κ3) is 3.08. The number of amides is 1. The fourth-order valence-electron chi connectivity index (χ4n) is 1.92. The van der Waals surface area contributed by atoms with E-state index in [1.165, 1.54) is 0 Å². The molecule has 1 amide bonds. The van der Waals surface area contributed by atoms with Crippen molar-refractivity contribution in [3.05, 3.63) is 53.9 Å². The number of benzene rings is 1. The fourth-order valence-corrected chi connectivity index (χ4v) is 2.65. The van der Waals surface area contributed by atoms with Gasteiger partial charge in [-0.25, -0.2) is 0 Å². The van der Waals surface area contributed by atoms with Crippen molar-refractivity contribution in [3.8, 4) is 0 Å². The number of nitrogens with zero attached hydrogens (tertiary/aromatic N) is 3. The van der Waals surface area contributed by atoms with Crippen molar-refractivity contribution in [2.75, 3.05) is 12.3 Å². The van der Waals surface area contributed by atoms with Gasteiger partial charge >= 0.3 is 0 Å². The Morgan fingerprint density at radius 3 is 2.85 bits per heavy atom. The topological polar surface area (TPSA) is 59.3 Å². The molecule has 0 spiro atoms. The summed E-state index contributed by atoms with van der Waals surface area (Å²) in [7, 11) is 0. The van der Waals surface area contributed by atoms with Crippen LogP contribution in [-0.4, -0.2) is 33.2 Å². The minimum atomic E-state index is -0.108. The molecule has 0 fully saturated rings. The number of aliphatic imine (C=N–C) groups is 1. The molecule has 0 aliphatic carbocycles. The monoisotopic (exact) mass is 286 g/mol. The minimum absolute atomic E-state index is 0.108. The Labute approximate surface area is 121 Å². The van der Waals surface area contributed by atoms with E-state index < -0.39 is 0 Å². The Morgan fingerprint density at radius 2 is 2.20 bits per heavy atom. The first kappa shape index (κ1) is 12.9. The molecule has 2 aromatic rings. The quantitative estimate of drug-likeness (QED) is 0.935. The molecule has 0 bridgehead atoms. The lowest BCUT2D eigenvalue weighted by molar-refractivity contribution is 0.0978. The van der Waals surface area contributed by atoms with Crippen LogP contribution in [0.1, 0.15) is 15.9 Å². The molecule has 0 unspecified atom stereocenters. The van der Waals surface area contributed by atoms with Crippen molar-refractivity contribution in [2.24, 2.45) is 4.99 Å². The van der Waals surface area contributed by atoms with E-state index in [4.69, 9.17) is 0 Å². The van der Waals surface area contributed by atoms with Crippen LogP contribution in [0, 0.1) is 0 Å². The van der Waals surface area contributed by atoms with Crippen molar-refractivity contribution in [3.63, 3.8) is 0 Å². The highest BCUT2D eigenvalue weighted by Crippen LogP contribution is 2.11. The van der Waals surface area contributed by atoms with Gasteiger partial charge in [0.2, 0.25) is 0 Å². The number of aromatic nitrogens is 2. The van der Waals surface area contributed by atoms with Gasteiger partial charge in [-0.3, -0.25) is 14.5 Å². The van der Waals surface area contributed by atoms with E-state index in [2.05, 4.69) is 15.4 Å². The first-order valence-corrected chi connectivity index (χ1v) is 7.35. The number of carbonyl (C=O) groups excluding carboxylic acids is 1. The van der Waals surface area contributed by atoms with E-state index in [1.807, 2.05) is 41.2 Å². The molecule has 0 saturated heterocycles. The van der Waals surface area contributed by atoms with E-state index in [9.17, 15) is 4.79 Å². The SMILES string of the molecule is O=C(NC1=NCCS1)c1ccc(Cn2cccn2)cc1. The van der Waals surface area contributed by atoms with E-state index in [0.717, 1.165) is 23.0 Å². The lowest BCUT2D eigenvalue weighted by Gasteiger charge is -2.06. The Morgan fingerprint density at radius 1 is 1.35 bits per heavy atom. The molecule has 0 saturated carbocycles. The molecule has 20 heavy (non-hydrogen) atoms. The molecule has 2 heterocycles. The molecular weight excluding hydrogens is 272 g/mol. The zero-order valence-corrected chi connectivity index (χ0v) is 11.6. The zero-order chi connectivity index (χ0) is 13.8. The second-order valence-corrected chi connectivity index (χ2v) is 5.47. The van der Waals surface area contributed by atoms with Gasteiger partial charge in [-0.2, -0.15) is 5.10 Å². The van der Waals surface area contributed by atoms with Gasteiger partial charge in [0.15, 0.2) is 5.17 Å². The van der Waals surface area contributed by atoms with Gasteiger partial charge in [-0.1, -0.05) is 23.9 Å². The van der Waals surface area contributed by atoms with Crippen LogP contribution in [0.4, 0.5) is 0 Å². The second-order valence-electron chi connectivity index (χ2n) is 4.39. The molecule has 1 aromatic heterocycles. The summed E-state index contributed by atoms with van der Waals surface area (Å²) in [5, 5.41) is 7.69. The lowest BCUT2D eigenvalue weighted by atomic mass is 10.1. The van der Waals surface area contributed by atoms with Gasteiger partial charge in [0.05, 0.1) is 13.1 Å². The average Bonchev–Trinajstić information content (AvgIpc) is 3.13. The molecule has 6 heteroatoms. The fraction of sp³-hybridized carbons (Fsp3) is 0.214.